The third-order valence-corrected chi connectivity index (χ3v) is 0.572. The molecule has 0 fully saturated rings. The van der Waals surface area contributed by atoms with Crippen molar-refractivity contribution < 1.29 is 23.9 Å². The Morgan fingerprint density at radius 3 is 1.42 bits per heavy atom. The van der Waals surface area contributed by atoms with Gasteiger partial charge in [0.05, 0.1) is 0 Å². The van der Waals surface area contributed by atoms with E-state index in [-0.39, 0.29) is 13.2 Å². The molecule has 2 amide bonds. The lowest BCUT2D eigenvalue weighted by molar-refractivity contribution is -0.0980. The highest BCUT2D eigenvalue weighted by Gasteiger charge is 1.95. The van der Waals surface area contributed by atoms with Crippen molar-refractivity contribution in [2.24, 2.45) is 11.5 Å². The Morgan fingerprint density at radius 1 is 1.00 bits per heavy atom. The Hall–Kier alpha value is -1.79. The van der Waals surface area contributed by atoms with E-state index >= 15 is 0 Å². The number of amides is 2. The van der Waals surface area contributed by atoms with Crippen molar-refractivity contribution in [3.05, 3.63) is 0 Å². The van der Waals surface area contributed by atoms with E-state index < -0.39 is 12.2 Å². The number of carbonyl (C=O) groups excluding carboxylic acids is 3. The molecule has 0 aliphatic heterocycles. The van der Waals surface area contributed by atoms with Crippen LogP contribution in [0.5, 0.6) is 0 Å². The molecule has 0 atom stereocenters. The van der Waals surface area contributed by atoms with Crippen LogP contribution in [0.15, 0.2) is 0 Å². The van der Waals surface area contributed by atoms with Crippen LogP contribution in [0, 0.1) is 0 Å². The zero-order chi connectivity index (χ0) is 9.98. The first-order valence-electron chi connectivity index (χ1n) is 2.76. The molecule has 7 nitrogen and oxygen atoms in total. The summed E-state index contributed by atoms with van der Waals surface area (Å²) in [5.41, 5.74) is 9.15. The van der Waals surface area contributed by atoms with Gasteiger partial charge in [0.15, 0.2) is 0 Å². The lowest BCUT2D eigenvalue weighted by atomic mass is 10.8. The number of rotatable bonds is 3. The monoisotopic (exact) mass is 178 g/mol. The Balaban J connectivity index is 0. The van der Waals surface area contributed by atoms with Gasteiger partial charge in [-0.05, 0) is 0 Å². The van der Waals surface area contributed by atoms with E-state index in [1.54, 1.807) is 0 Å². The fraction of sp³-hybridized carbons (Fsp3) is 0.400. The molecule has 0 heterocycles. The fourth-order valence-electron chi connectivity index (χ4n) is 0.285. The number of nitrogens with two attached hydrogens (primary N) is 2. The first kappa shape index (κ1) is 12.8. The molecular formula is C5H10N2O5. The van der Waals surface area contributed by atoms with Crippen molar-refractivity contribution in [1.29, 1.82) is 0 Å². The fourth-order valence-corrected chi connectivity index (χ4v) is 0.285. The Bertz CT molecular complexity index is 133. The molecule has 70 valence electrons. The highest BCUT2D eigenvalue weighted by atomic mass is 16.6. The largest absolute Gasteiger partial charge is 0.446 e. The van der Waals surface area contributed by atoms with Gasteiger partial charge in [0.1, 0.15) is 20.0 Å². The Labute approximate surface area is 68.6 Å². The lowest BCUT2D eigenvalue weighted by Crippen LogP contribution is -2.20. The predicted octanol–water partition coefficient (Wildman–Crippen LogP) is -1.01. The molecule has 0 aliphatic rings. The van der Waals surface area contributed by atoms with Crippen LogP contribution in [0.1, 0.15) is 0 Å². The highest BCUT2D eigenvalue weighted by Crippen LogP contribution is 1.76. The molecule has 0 spiro atoms. The molecule has 0 aliphatic carbocycles. The number of hydrogen-bond donors (Lipinski definition) is 2. The minimum atomic E-state index is -0.909. The van der Waals surface area contributed by atoms with Crippen molar-refractivity contribution in [3.63, 3.8) is 0 Å². The van der Waals surface area contributed by atoms with Crippen LogP contribution >= 0.6 is 0 Å². The first-order chi connectivity index (χ1) is 5.63. The van der Waals surface area contributed by atoms with Gasteiger partial charge in [-0.1, -0.05) is 0 Å². The zero-order valence-electron chi connectivity index (χ0n) is 6.32. The summed E-state index contributed by atoms with van der Waals surface area (Å²) in [6.07, 6.45) is -1.82. The minimum absolute atomic E-state index is 0.0712. The summed E-state index contributed by atoms with van der Waals surface area (Å²) in [5.74, 6) is 0. The predicted molar refractivity (Wildman–Crippen MR) is 38.2 cm³/mol. The molecule has 12 heavy (non-hydrogen) atoms. The van der Waals surface area contributed by atoms with Crippen LogP contribution in [-0.2, 0) is 14.3 Å². The van der Waals surface area contributed by atoms with Crippen LogP contribution in [-0.4, -0.2) is 32.2 Å². The van der Waals surface area contributed by atoms with Crippen molar-refractivity contribution in [2.45, 2.75) is 0 Å². The average molecular weight is 178 g/mol. The van der Waals surface area contributed by atoms with Gasteiger partial charge < -0.3 is 25.7 Å². The lowest BCUT2D eigenvalue weighted by Gasteiger charge is -2.00. The van der Waals surface area contributed by atoms with Gasteiger partial charge >= 0.3 is 12.2 Å². The van der Waals surface area contributed by atoms with Crippen molar-refractivity contribution in [1.82, 2.24) is 0 Å². The van der Waals surface area contributed by atoms with Crippen LogP contribution < -0.4 is 11.5 Å². The van der Waals surface area contributed by atoms with Gasteiger partial charge in [-0.15, -0.1) is 0 Å². The van der Waals surface area contributed by atoms with Gasteiger partial charge in [-0.25, -0.2) is 9.59 Å². The molecule has 0 saturated heterocycles. The average Bonchev–Trinajstić information content (AvgIpc) is 2.02. The Morgan fingerprint density at radius 2 is 1.25 bits per heavy atom. The SMILES string of the molecule is C=O.NC(=O)OCCOC(N)=O. The van der Waals surface area contributed by atoms with Crippen LogP contribution in [0.3, 0.4) is 0 Å². The zero-order valence-corrected chi connectivity index (χ0v) is 6.32. The molecule has 0 radical (unpaired) electrons. The van der Waals surface area contributed by atoms with Gasteiger partial charge in [-0.2, -0.15) is 0 Å². The molecule has 7 heteroatoms. The van der Waals surface area contributed by atoms with Crippen molar-refractivity contribution in [2.75, 3.05) is 13.2 Å². The van der Waals surface area contributed by atoms with E-state index in [9.17, 15) is 9.59 Å². The molecule has 0 bridgehead atoms. The number of primary amides is 2. The Kier molecular flexibility index (Phi) is 9.86. The third kappa shape index (κ3) is 15.7. The quantitative estimate of drug-likeness (QED) is 0.536. The second-order valence-corrected chi connectivity index (χ2v) is 1.33. The molecule has 4 N–H and O–H groups in total. The third-order valence-electron chi connectivity index (χ3n) is 0.572. The van der Waals surface area contributed by atoms with Crippen molar-refractivity contribution >= 4 is 19.0 Å². The van der Waals surface area contributed by atoms with E-state index in [0.717, 1.165) is 0 Å². The summed E-state index contributed by atoms with van der Waals surface area (Å²) >= 11 is 0. The summed E-state index contributed by atoms with van der Waals surface area (Å²) in [7, 11) is 0. The highest BCUT2D eigenvalue weighted by molar-refractivity contribution is 5.65. The molecule has 0 aromatic carbocycles. The van der Waals surface area contributed by atoms with Gasteiger partial charge in [-0.3, -0.25) is 0 Å². The van der Waals surface area contributed by atoms with E-state index in [0.29, 0.717) is 0 Å². The van der Waals surface area contributed by atoms with E-state index in [1.807, 2.05) is 6.79 Å². The second kappa shape index (κ2) is 9.21. The van der Waals surface area contributed by atoms with Gasteiger partial charge in [0.2, 0.25) is 0 Å². The molecule has 0 aromatic heterocycles. The van der Waals surface area contributed by atoms with Crippen LogP contribution in [0.4, 0.5) is 9.59 Å². The smallest absolute Gasteiger partial charge is 0.404 e. The maximum atomic E-state index is 9.87. The van der Waals surface area contributed by atoms with Crippen LogP contribution in [0.25, 0.3) is 0 Å². The van der Waals surface area contributed by atoms with Crippen LogP contribution in [0.2, 0.25) is 0 Å². The number of ether oxygens (including phenoxy) is 2. The first-order valence-corrected chi connectivity index (χ1v) is 2.76. The second-order valence-electron chi connectivity index (χ2n) is 1.33. The standard InChI is InChI=1S/C4H8N2O4.CH2O/c5-3(7)9-1-2-10-4(6)8;1-2/h1-2H2,(H2,5,7)(H2,6,8);1H2. The molecule has 0 aromatic rings. The minimum Gasteiger partial charge on any atom is -0.446 e. The maximum absolute atomic E-state index is 9.87. The van der Waals surface area contributed by atoms with Gasteiger partial charge in [0.25, 0.3) is 0 Å². The molecule has 0 saturated carbocycles. The molecule has 0 unspecified atom stereocenters. The summed E-state index contributed by atoms with van der Waals surface area (Å²) < 4.78 is 8.40. The van der Waals surface area contributed by atoms with Crippen molar-refractivity contribution in [3.8, 4) is 0 Å². The topological polar surface area (TPSA) is 122 Å². The summed E-state index contributed by atoms with van der Waals surface area (Å²) in [6, 6.07) is 0. The molecular weight excluding hydrogens is 168 g/mol. The summed E-state index contributed by atoms with van der Waals surface area (Å²) in [5, 5.41) is 0. The normalized spacial score (nSPS) is 7.33. The summed E-state index contributed by atoms with van der Waals surface area (Å²) in [6.45, 7) is 1.86. The van der Waals surface area contributed by atoms with E-state index in [2.05, 4.69) is 20.9 Å². The molecule has 0 rings (SSSR count). The maximum Gasteiger partial charge on any atom is 0.404 e. The summed E-state index contributed by atoms with van der Waals surface area (Å²) in [4.78, 5) is 27.7. The number of hydrogen-bond acceptors (Lipinski definition) is 5. The van der Waals surface area contributed by atoms with Gasteiger partial charge in [0, 0.05) is 0 Å². The number of carbonyl (C=O) groups is 3. The van der Waals surface area contributed by atoms with E-state index in [4.69, 9.17) is 4.79 Å². The van der Waals surface area contributed by atoms with E-state index in [1.165, 1.54) is 0 Å².